The zero-order valence-corrected chi connectivity index (χ0v) is 40.7. The van der Waals surface area contributed by atoms with Crippen molar-refractivity contribution in [1.29, 1.82) is 0 Å². The Bertz CT molecular complexity index is 1870. The van der Waals surface area contributed by atoms with Crippen LogP contribution in [0.5, 0.6) is 0 Å². The molecule has 6 rings (SSSR count). The van der Waals surface area contributed by atoms with Gasteiger partial charge >= 0.3 is 26.2 Å². The van der Waals surface area contributed by atoms with E-state index < -0.39 is 0 Å². The molecule has 0 nitrogen and oxygen atoms in total. The monoisotopic (exact) mass is 812 g/mol. The summed E-state index contributed by atoms with van der Waals surface area (Å²) in [5.74, 6) is 0. The first-order valence-electron chi connectivity index (χ1n) is 18.8. The first-order chi connectivity index (χ1) is 23.5. The van der Waals surface area contributed by atoms with Crippen LogP contribution >= 0.6 is 0 Å². The van der Waals surface area contributed by atoms with Gasteiger partial charge in [-0.05, 0) is 55.0 Å². The van der Waals surface area contributed by atoms with Crippen LogP contribution in [-0.4, -0.2) is 9.52 Å². The van der Waals surface area contributed by atoms with Crippen LogP contribution in [0.2, 0.25) is 13.1 Å². The largest absolute Gasteiger partial charge is 4.00 e. The van der Waals surface area contributed by atoms with E-state index in [1.165, 1.54) is 77.2 Å². The standard InChI is InChI=1S/2C24H29.C2H6Si.2CH3.Zr/c2*1-16-11-17-9-8-10-21(22(17)12-16)18-13-19(23(2,3)4)15-20(14-18)24(5,6)7;1-3-2;;;/h2*8-15H,1-7H3;1-2H3;2*1H3;/q2*-1;;2*-1;+4. The first-order valence-corrected chi connectivity index (χ1v) is 20.8. The van der Waals surface area contributed by atoms with Crippen molar-refractivity contribution in [3.05, 3.63) is 145 Å². The molecule has 0 aromatic heterocycles. The molecule has 2 radical (unpaired) electrons. The molecule has 6 aromatic rings. The second kappa shape index (κ2) is 18.9. The number of fused-ring (bicyclic) bond motifs is 2. The van der Waals surface area contributed by atoms with Crippen molar-refractivity contribution in [3.63, 3.8) is 0 Å². The Labute approximate surface area is 354 Å². The minimum atomic E-state index is 0. The molecule has 0 aliphatic rings. The van der Waals surface area contributed by atoms with Crippen LogP contribution in [0, 0.1) is 28.7 Å². The van der Waals surface area contributed by atoms with Gasteiger partial charge in [-0.15, -0.1) is 69.1 Å². The van der Waals surface area contributed by atoms with Crippen LogP contribution in [0.3, 0.4) is 0 Å². The summed E-state index contributed by atoms with van der Waals surface area (Å²) >= 11 is 0. The van der Waals surface area contributed by atoms with Gasteiger partial charge in [0.2, 0.25) is 0 Å². The Morgan fingerprint density at radius 1 is 0.426 bits per heavy atom. The molecule has 0 amide bonds. The van der Waals surface area contributed by atoms with Gasteiger partial charge in [-0.3, -0.25) is 0 Å². The Morgan fingerprint density at radius 2 is 0.685 bits per heavy atom. The fourth-order valence-electron chi connectivity index (χ4n) is 6.57. The van der Waals surface area contributed by atoms with Crippen LogP contribution in [-0.2, 0) is 47.9 Å². The van der Waals surface area contributed by atoms with Gasteiger partial charge in [0.15, 0.2) is 0 Å². The third kappa shape index (κ3) is 12.1. The normalized spacial score (nSPS) is 11.7. The second-order valence-electron chi connectivity index (χ2n) is 18.8. The summed E-state index contributed by atoms with van der Waals surface area (Å²) in [6, 6.07) is 36.8. The van der Waals surface area contributed by atoms with E-state index in [-0.39, 0.29) is 62.7 Å². The SMILES string of the molecule is C[Si]C.Cc1cc2c(-c3cc(C(C)(C)C)cc(C(C)(C)C)c3)cccc2[cH-]1.Cc1cc2c(-c3cc(C(C)(C)C)cc(C(C)(C)C)c3)cccc2[cH-]1.[CH3-].[CH3-].[Zr+4]. The quantitative estimate of drug-likeness (QED) is 0.121. The average molecular weight is 814 g/mol. The van der Waals surface area contributed by atoms with Gasteiger partial charge < -0.3 is 14.9 Å². The van der Waals surface area contributed by atoms with Crippen LogP contribution in [0.1, 0.15) is 116 Å². The molecule has 0 atom stereocenters. The Kier molecular flexibility index (Phi) is 17.2. The Hall–Kier alpha value is -2.80. The van der Waals surface area contributed by atoms with Crippen molar-refractivity contribution >= 4 is 31.1 Å². The van der Waals surface area contributed by atoms with Gasteiger partial charge in [-0.2, -0.15) is 12.1 Å². The molecule has 6 aromatic carbocycles. The summed E-state index contributed by atoms with van der Waals surface area (Å²) in [4.78, 5) is 0. The van der Waals surface area contributed by atoms with Crippen LogP contribution in [0.4, 0.5) is 0 Å². The van der Waals surface area contributed by atoms with E-state index in [4.69, 9.17) is 0 Å². The number of rotatable bonds is 2. The van der Waals surface area contributed by atoms with E-state index in [1.807, 2.05) is 0 Å². The molecule has 0 spiro atoms. The summed E-state index contributed by atoms with van der Waals surface area (Å²) in [7, 11) is 1.08. The minimum absolute atomic E-state index is 0. The van der Waals surface area contributed by atoms with Crippen molar-refractivity contribution in [2.45, 2.75) is 132 Å². The Balaban J connectivity index is 0.000000479. The second-order valence-corrected chi connectivity index (χ2v) is 19.8. The molecule has 0 unspecified atom stereocenters. The fraction of sp³-hybridized carbons (Fsp3) is 0.385. The van der Waals surface area contributed by atoms with E-state index >= 15 is 0 Å². The fourth-order valence-corrected chi connectivity index (χ4v) is 6.57. The van der Waals surface area contributed by atoms with Crippen LogP contribution in [0.15, 0.2) is 97.1 Å². The maximum Gasteiger partial charge on any atom is 4.00 e. The van der Waals surface area contributed by atoms with E-state index in [2.05, 4.69) is 207 Å². The number of hydrogen-bond acceptors (Lipinski definition) is 0. The number of aryl methyl sites for hydroxylation is 2. The van der Waals surface area contributed by atoms with Crippen LogP contribution in [0.25, 0.3) is 43.8 Å². The Morgan fingerprint density at radius 3 is 0.926 bits per heavy atom. The summed E-state index contributed by atoms with van der Waals surface area (Å²) < 4.78 is 0. The summed E-state index contributed by atoms with van der Waals surface area (Å²) in [6.45, 7) is 36.2. The van der Waals surface area contributed by atoms with Gasteiger partial charge in [0.25, 0.3) is 0 Å². The maximum atomic E-state index is 2.39. The topological polar surface area (TPSA) is 0 Å². The third-order valence-corrected chi connectivity index (χ3v) is 9.74. The van der Waals surface area contributed by atoms with Gasteiger partial charge in [0, 0.05) is 9.52 Å². The van der Waals surface area contributed by atoms with Gasteiger partial charge in [-0.25, -0.2) is 0 Å². The van der Waals surface area contributed by atoms with Gasteiger partial charge in [-0.1, -0.05) is 170 Å². The molecule has 0 aliphatic heterocycles. The van der Waals surface area contributed by atoms with Crippen molar-refractivity contribution in [2.75, 3.05) is 0 Å². The third-order valence-electron chi connectivity index (χ3n) is 9.74. The van der Waals surface area contributed by atoms with Crippen molar-refractivity contribution < 1.29 is 26.2 Å². The molecule has 54 heavy (non-hydrogen) atoms. The average Bonchev–Trinajstić information content (AvgIpc) is 3.60. The molecule has 0 saturated carbocycles. The zero-order chi connectivity index (χ0) is 38.1. The van der Waals surface area contributed by atoms with Crippen molar-refractivity contribution in [1.82, 2.24) is 0 Å². The molecule has 0 aliphatic carbocycles. The minimum Gasteiger partial charge on any atom is -0.358 e. The molecule has 0 heterocycles. The molecule has 0 bridgehead atoms. The number of hydrogen-bond donors (Lipinski definition) is 0. The van der Waals surface area contributed by atoms with E-state index in [0.717, 1.165) is 9.52 Å². The zero-order valence-electron chi connectivity index (χ0n) is 37.2. The van der Waals surface area contributed by atoms with E-state index in [0.29, 0.717) is 0 Å². The van der Waals surface area contributed by atoms with Crippen molar-refractivity contribution in [3.8, 4) is 22.3 Å². The van der Waals surface area contributed by atoms with E-state index in [1.54, 1.807) is 0 Å². The van der Waals surface area contributed by atoms with Gasteiger partial charge in [0.1, 0.15) is 0 Å². The smallest absolute Gasteiger partial charge is 0.358 e. The molecule has 0 saturated heterocycles. The molecule has 286 valence electrons. The summed E-state index contributed by atoms with van der Waals surface area (Å²) in [5, 5.41) is 5.40. The van der Waals surface area contributed by atoms with Gasteiger partial charge in [0.05, 0.1) is 0 Å². The van der Waals surface area contributed by atoms with E-state index in [9.17, 15) is 0 Å². The van der Waals surface area contributed by atoms with Crippen LogP contribution < -0.4 is 0 Å². The maximum absolute atomic E-state index is 2.39. The molecule has 0 N–H and O–H groups in total. The van der Waals surface area contributed by atoms with Crippen molar-refractivity contribution in [2.24, 2.45) is 0 Å². The first kappa shape index (κ1) is 49.2. The molecule has 0 fully saturated rings. The predicted octanol–water partition coefficient (Wildman–Crippen LogP) is 15.9. The predicted molar refractivity (Wildman–Crippen MR) is 245 cm³/mol. The molecule has 2 heteroatoms. The summed E-state index contributed by atoms with van der Waals surface area (Å²) in [6.07, 6.45) is 0. The summed E-state index contributed by atoms with van der Waals surface area (Å²) in [5.41, 5.74) is 14.2. The number of benzene rings is 4. The molecular weight excluding hydrogens is 744 g/mol. The molecular formula is C52H70SiZr.